The molecule has 2 aromatic carbocycles. The lowest BCUT2D eigenvalue weighted by molar-refractivity contribution is -0.277. The minimum atomic E-state index is -1.75. The predicted molar refractivity (Wildman–Crippen MR) is 129 cm³/mol. The van der Waals surface area contributed by atoms with E-state index < -0.39 is 61.0 Å². The SMILES string of the molecule is COc1cc(C=CC(=O)N2c3cc(O[C@@H]4O[C@H](CO)[C@@H](O)[C@H](O)[C@H]4O)c(O)cc3C[C@H]2C(=O)O)ccc1O. The average Bonchev–Trinajstić information content (AvgIpc) is 3.26. The average molecular weight is 533 g/mol. The van der Waals surface area contributed by atoms with Gasteiger partial charge < -0.3 is 50.0 Å². The van der Waals surface area contributed by atoms with Crippen LogP contribution in [0.4, 0.5) is 5.69 Å². The summed E-state index contributed by atoms with van der Waals surface area (Å²) in [7, 11) is 1.37. The van der Waals surface area contributed by atoms with Gasteiger partial charge in [0.2, 0.25) is 6.29 Å². The normalized spacial score (nSPS) is 26.8. The summed E-state index contributed by atoms with van der Waals surface area (Å²) in [5.41, 5.74) is 0.952. The number of rotatable bonds is 7. The first-order chi connectivity index (χ1) is 18.0. The summed E-state index contributed by atoms with van der Waals surface area (Å²) in [5.74, 6) is -2.66. The van der Waals surface area contributed by atoms with Crippen molar-refractivity contribution in [3.63, 3.8) is 0 Å². The number of phenolic OH excluding ortho intramolecular Hbond substituents is 2. The Labute approximate surface area is 216 Å². The Morgan fingerprint density at radius 3 is 2.45 bits per heavy atom. The highest BCUT2D eigenvalue weighted by Crippen LogP contribution is 2.42. The smallest absolute Gasteiger partial charge is 0.327 e. The largest absolute Gasteiger partial charge is 0.504 e. The Bertz CT molecular complexity index is 1250. The lowest BCUT2D eigenvalue weighted by Gasteiger charge is -2.39. The number of aromatic hydroxyl groups is 2. The summed E-state index contributed by atoms with van der Waals surface area (Å²) in [6.07, 6.45) is -5.52. The molecular formula is C25H27NO12. The molecule has 13 heteroatoms. The lowest BCUT2D eigenvalue weighted by atomic mass is 9.99. The maximum Gasteiger partial charge on any atom is 0.327 e. The van der Waals surface area contributed by atoms with Crippen LogP contribution in [0.25, 0.3) is 6.08 Å². The van der Waals surface area contributed by atoms with Gasteiger partial charge in [-0.1, -0.05) is 6.07 Å². The van der Waals surface area contributed by atoms with Crippen LogP contribution in [0, 0.1) is 0 Å². The van der Waals surface area contributed by atoms with Crippen LogP contribution in [0.3, 0.4) is 0 Å². The summed E-state index contributed by atoms with van der Waals surface area (Å²) >= 11 is 0. The van der Waals surface area contributed by atoms with Crippen molar-refractivity contribution in [1.29, 1.82) is 0 Å². The van der Waals surface area contributed by atoms with E-state index in [1.54, 1.807) is 0 Å². The van der Waals surface area contributed by atoms with Crippen LogP contribution < -0.4 is 14.4 Å². The quantitative estimate of drug-likeness (QED) is 0.222. The number of methoxy groups -OCH3 is 1. The standard InChI is InChI=1S/C25H27NO12/c1-36-17-6-11(2-4-15(17)28)3-5-20(30)26-13-9-18(16(29)8-12(13)7-14(26)24(34)35)37-25-23(33)22(32)21(31)19(10-27)38-25/h2-6,8-9,14,19,21-23,25,27-29,31-33H,7,10H2,1H3,(H,34,35)/t14-,19+,21+,22-,23+,25+/m0/s1. The lowest BCUT2D eigenvalue weighted by Crippen LogP contribution is -2.60. The highest BCUT2D eigenvalue weighted by Gasteiger charge is 2.45. The molecule has 0 aromatic heterocycles. The van der Waals surface area contributed by atoms with Crippen LogP contribution in [0.15, 0.2) is 36.4 Å². The molecule has 2 aromatic rings. The van der Waals surface area contributed by atoms with Crippen LogP contribution in [0.1, 0.15) is 11.1 Å². The van der Waals surface area contributed by atoms with E-state index in [2.05, 4.69) is 0 Å². The Morgan fingerprint density at radius 2 is 1.79 bits per heavy atom. The number of aliphatic carboxylic acids is 1. The molecule has 0 radical (unpaired) electrons. The van der Waals surface area contributed by atoms with Crippen molar-refractivity contribution < 1.29 is 59.5 Å². The van der Waals surface area contributed by atoms with Gasteiger partial charge in [0, 0.05) is 18.6 Å². The number of carboxylic acids is 1. The molecule has 0 spiro atoms. The third-order valence-corrected chi connectivity index (χ3v) is 6.38. The zero-order valence-electron chi connectivity index (χ0n) is 20.0. The summed E-state index contributed by atoms with van der Waals surface area (Å²) in [4.78, 5) is 26.1. The molecular weight excluding hydrogens is 506 g/mol. The van der Waals surface area contributed by atoms with Gasteiger partial charge in [-0.05, 0) is 35.4 Å². The van der Waals surface area contributed by atoms with Crippen LogP contribution in [-0.4, -0.2) is 98.1 Å². The number of carbonyl (C=O) groups excluding carboxylic acids is 1. The number of fused-ring (bicyclic) bond motifs is 1. The number of benzene rings is 2. The molecule has 204 valence electrons. The molecule has 1 saturated heterocycles. The van der Waals surface area contributed by atoms with E-state index in [1.165, 1.54) is 43.5 Å². The van der Waals surface area contributed by atoms with Gasteiger partial charge in [-0.2, -0.15) is 0 Å². The summed E-state index contributed by atoms with van der Waals surface area (Å²) in [5, 5.41) is 69.6. The predicted octanol–water partition coefficient (Wildman–Crippen LogP) is -0.659. The second kappa shape index (κ2) is 10.8. The number of nitrogens with zero attached hydrogens (tertiary/aromatic N) is 1. The second-order valence-electron chi connectivity index (χ2n) is 8.79. The molecule has 6 atom stereocenters. The Balaban J connectivity index is 1.63. The Kier molecular flexibility index (Phi) is 7.76. The third kappa shape index (κ3) is 5.10. The van der Waals surface area contributed by atoms with Crippen LogP contribution in [-0.2, 0) is 20.7 Å². The number of aliphatic hydroxyl groups is 4. The monoisotopic (exact) mass is 533 g/mol. The Hall–Kier alpha value is -3.88. The first-order valence-corrected chi connectivity index (χ1v) is 11.5. The Morgan fingerprint density at radius 1 is 1.05 bits per heavy atom. The molecule has 0 aliphatic carbocycles. The highest BCUT2D eigenvalue weighted by atomic mass is 16.7. The fourth-order valence-electron chi connectivity index (χ4n) is 4.36. The van der Waals surface area contributed by atoms with Crippen molar-refractivity contribution in [3.8, 4) is 23.0 Å². The van der Waals surface area contributed by atoms with Crippen molar-refractivity contribution in [3.05, 3.63) is 47.5 Å². The number of phenols is 2. The van der Waals surface area contributed by atoms with E-state index in [-0.39, 0.29) is 29.4 Å². The van der Waals surface area contributed by atoms with Gasteiger partial charge in [0.15, 0.2) is 23.0 Å². The van der Waals surface area contributed by atoms with Gasteiger partial charge in [-0.25, -0.2) is 4.79 Å². The number of aliphatic hydroxyl groups excluding tert-OH is 4. The number of hydrogen-bond acceptors (Lipinski definition) is 11. The molecule has 4 rings (SSSR count). The van der Waals surface area contributed by atoms with Crippen molar-refractivity contribution in [1.82, 2.24) is 0 Å². The summed E-state index contributed by atoms with van der Waals surface area (Å²) in [6, 6.07) is 5.50. The maximum absolute atomic E-state index is 13.2. The number of amides is 1. The van der Waals surface area contributed by atoms with Gasteiger partial charge in [0.05, 0.1) is 19.4 Å². The highest BCUT2D eigenvalue weighted by molar-refractivity contribution is 6.09. The number of carboxylic acid groups (broad SMARTS) is 1. The molecule has 2 aliphatic rings. The molecule has 13 nitrogen and oxygen atoms in total. The fraction of sp³-hybridized carbons (Fsp3) is 0.360. The zero-order valence-corrected chi connectivity index (χ0v) is 20.0. The molecule has 0 saturated carbocycles. The molecule has 2 aliphatic heterocycles. The van der Waals surface area contributed by atoms with Crippen LogP contribution in [0.5, 0.6) is 23.0 Å². The van der Waals surface area contributed by atoms with Gasteiger partial charge in [0.25, 0.3) is 5.91 Å². The molecule has 1 amide bonds. The zero-order chi connectivity index (χ0) is 27.7. The number of anilines is 1. The number of ether oxygens (including phenoxy) is 3. The molecule has 0 bridgehead atoms. The van der Waals surface area contributed by atoms with Gasteiger partial charge in [0.1, 0.15) is 30.5 Å². The first-order valence-electron chi connectivity index (χ1n) is 11.5. The minimum absolute atomic E-state index is 0.0953. The molecule has 0 unspecified atom stereocenters. The summed E-state index contributed by atoms with van der Waals surface area (Å²) in [6.45, 7) is -0.692. The van der Waals surface area contributed by atoms with Gasteiger partial charge in [-0.15, -0.1) is 0 Å². The maximum atomic E-state index is 13.2. The summed E-state index contributed by atoms with van der Waals surface area (Å²) < 4.78 is 15.9. The van der Waals surface area contributed by atoms with E-state index >= 15 is 0 Å². The third-order valence-electron chi connectivity index (χ3n) is 6.38. The molecule has 2 heterocycles. The molecule has 1 fully saturated rings. The van der Waals surface area contributed by atoms with E-state index in [1.807, 2.05) is 0 Å². The fourth-order valence-corrected chi connectivity index (χ4v) is 4.36. The van der Waals surface area contributed by atoms with Crippen molar-refractivity contribution in [2.75, 3.05) is 18.6 Å². The molecule has 38 heavy (non-hydrogen) atoms. The number of hydrogen-bond donors (Lipinski definition) is 7. The van der Waals surface area contributed by atoms with Crippen molar-refractivity contribution in [2.24, 2.45) is 0 Å². The number of carbonyl (C=O) groups is 2. The minimum Gasteiger partial charge on any atom is -0.504 e. The van der Waals surface area contributed by atoms with Crippen molar-refractivity contribution in [2.45, 2.75) is 43.2 Å². The van der Waals surface area contributed by atoms with E-state index in [4.69, 9.17) is 14.2 Å². The van der Waals surface area contributed by atoms with E-state index in [0.717, 1.165) is 11.0 Å². The van der Waals surface area contributed by atoms with Crippen molar-refractivity contribution >= 4 is 23.6 Å². The first kappa shape index (κ1) is 27.2. The van der Waals surface area contributed by atoms with Gasteiger partial charge in [-0.3, -0.25) is 9.69 Å². The second-order valence-corrected chi connectivity index (χ2v) is 8.79. The van der Waals surface area contributed by atoms with Crippen LogP contribution >= 0.6 is 0 Å². The van der Waals surface area contributed by atoms with E-state index in [9.17, 15) is 45.3 Å². The van der Waals surface area contributed by atoms with Gasteiger partial charge >= 0.3 is 5.97 Å². The van der Waals surface area contributed by atoms with E-state index in [0.29, 0.717) is 11.1 Å². The molecule has 7 N–H and O–H groups in total. The topological polar surface area (TPSA) is 207 Å². The van der Waals surface area contributed by atoms with Crippen LogP contribution in [0.2, 0.25) is 0 Å².